The lowest BCUT2D eigenvalue weighted by Gasteiger charge is -2.28. The van der Waals surface area contributed by atoms with Gasteiger partial charge in [0.05, 0.1) is 20.1 Å². The van der Waals surface area contributed by atoms with Crippen LogP contribution in [-0.4, -0.2) is 36.6 Å². The van der Waals surface area contributed by atoms with Gasteiger partial charge in [0.15, 0.2) is 11.5 Å². The van der Waals surface area contributed by atoms with E-state index in [0.29, 0.717) is 24.6 Å². The fraction of sp³-hybridized carbons (Fsp3) is 0.182. The van der Waals surface area contributed by atoms with Crippen molar-refractivity contribution in [1.82, 2.24) is 9.88 Å². The molecule has 0 radical (unpaired) electrons. The van der Waals surface area contributed by atoms with Crippen LogP contribution in [0, 0.1) is 0 Å². The second kappa shape index (κ2) is 11.7. The predicted molar refractivity (Wildman–Crippen MR) is 152 cm³/mol. The Morgan fingerprint density at radius 3 is 2.08 bits per heavy atom. The number of nitrogens with zero attached hydrogens (tertiary/aromatic N) is 1. The monoisotopic (exact) mass is 504 g/mol. The summed E-state index contributed by atoms with van der Waals surface area (Å²) in [7, 11) is 3.25. The zero-order chi connectivity index (χ0) is 26.3. The molecule has 5 rings (SSSR count). The molecule has 38 heavy (non-hydrogen) atoms. The molecular formula is C33H32N2O3. The Bertz CT molecular complexity index is 1460. The Kier molecular flexibility index (Phi) is 7.74. The number of aromatic amines is 1. The maximum atomic E-state index is 14.4. The molecule has 0 fully saturated rings. The number of methoxy groups -OCH3 is 2. The minimum Gasteiger partial charge on any atom is -0.493 e. The van der Waals surface area contributed by atoms with E-state index in [9.17, 15) is 4.79 Å². The van der Waals surface area contributed by atoms with Crippen LogP contribution in [0.3, 0.4) is 0 Å². The van der Waals surface area contributed by atoms with Gasteiger partial charge in [0.25, 0.3) is 0 Å². The highest BCUT2D eigenvalue weighted by Crippen LogP contribution is 2.31. The van der Waals surface area contributed by atoms with Crippen molar-refractivity contribution in [2.24, 2.45) is 0 Å². The first-order valence-electron chi connectivity index (χ1n) is 12.8. The smallest absolute Gasteiger partial charge is 0.234 e. The van der Waals surface area contributed by atoms with Gasteiger partial charge in [0.1, 0.15) is 0 Å². The molecule has 0 spiro atoms. The number of aromatic nitrogens is 1. The van der Waals surface area contributed by atoms with E-state index in [0.717, 1.165) is 28.6 Å². The summed E-state index contributed by atoms with van der Waals surface area (Å²) in [5, 5.41) is 1.19. The van der Waals surface area contributed by atoms with Crippen LogP contribution in [0.25, 0.3) is 10.9 Å². The summed E-state index contributed by atoms with van der Waals surface area (Å²) in [5.74, 6) is 0.980. The van der Waals surface area contributed by atoms with Crippen LogP contribution >= 0.6 is 0 Å². The number of hydrogen-bond acceptors (Lipinski definition) is 3. The Labute approximate surface area is 223 Å². The second-order valence-corrected chi connectivity index (χ2v) is 9.31. The Hall–Kier alpha value is -4.51. The lowest BCUT2D eigenvalue weighted by molar-refractivity contribution is -0.132. The summed E-state index contributed by atoms with van der Waals surface area (Å²) in [6.45, 7) is 1.03. The molecule has 1 amide bonds. The van der Waals surface area contributed by atoms with E-state index >= 15 is 0 Å². The second-order valence-electron chi connectivity index (χ2n) is 9.31. The zero-order valence-electron chi connectivity index (χ0n) is 21.8. The lowest BCUT2D eigenvalue weighted by Crippen LogP contribution is -2.36. The molecule has 5 nitrogen and oxygen atoms in total. The first-order chi connectivity index (χ1) is 18.7. The third kappa shape index (κ3) is 5.42. The van der Waals surface area contributed by atoms with E-state index in [1.54, 1.807) is 14.2 Å². The predicted octanol–water partition coefficient (Wildman–Crippen LogP) is 6.59. The van der Waals surface area contributed by atoms with Gasteiger partial charge in [-0.1, -0.05) is 84.9 Å². The summed E-state index contributed by atoms with van der Waals surface area (Å²) in [6, 6.07) is 34.2. The first kappa shape index (κ1) is 25.2. The number of hydrogen-bond donors (Lipinski definition) is 1. The van der Waals surface area contributed by atoms with Crippen LogP contribution in [0.5, 0.6) is 11.5 Å². The average molecular weight is 505 g/mol. The molecular weight excluding hydrogens is 472 g/mol. The van der Waals surface area contributed by atoms with Gasteiger partial charge in [-0.25, -0.2) is 0 Å². The standard InChI is InChI=1S/C33H32N2O3/c1-37-30-18-17-24(21-31(30)38-2)23-35(20-19-27-22-34-29-16-10-9-15-28(27)29)33(36)32(25-11-5-3-6-12-25)26-13-7-4-8-14-26/h3-18,21-22,32,34H,19-20,23H2,1-2H3. The number of nitrogens with one attached hydrogen (secondary N) is 1. The van der Waals surface area contributed by atoms with Gasteiger partial charge in [-0.05, 0) is 46.9 Å². The molecule has 0 aliphatic rings. The normalized spacial score (nSPS) is 11.0. The first-order valence-corrected chi connectivity index (χ1v) is 12.8. The summed E-state index contributed by atoms with van der Waals surface area (Å²) < 4.78 is 11.0. The number of carbonyl (C=O) groups is 1. The van der Waals surface area contributed by atoms with Crippen LogP contribution in [0.1, 0.15) is 28.2 Å². The maximum Gasteiger partial charge on any atom is 0.234 e. The fourth-order valence-corrected chi connectivity index (χ4v) is 5.01. The number of carbonyl (C=O) groups excluding carboxylic acids is 1. The molecule has 0 saturated carbocycles. The fourth-order valence-electron chi connectivity index (χ4n) is 5.01. The quantitative estimate of drug-likeness (QED) is 0.233. The summed E-state index contributed by atoms with van der Waals surface area (Å²) in [6.07, 6.45) is 2.79. The molecule has 1 heterocycles. The largest absolute Gasteiger partial charge is 0.493 e. The van der Waals surface area contributed by atoms with Gasteiger partial charge in [-0.15, -0.1) is 0 Å². The van der Waals surface area contributed by atoms with Crippen molar-refractivity contribution in [3.63, 3.8) is 0 Å². The summed E-state index contributed by atoms with van der Waals surface area (Å²) in [4.78, 5) is 19.7. The van der Waals surface area contributed by atoms with Gasteiger partial charge in [0, 0.05) is 30.2 Å². The number of ether oxygens (including phenoxy) is 2. The summed E-state index contributed by atoms with van der Waals surface area (Å²) >= 11 is 0. The van der Waals surface area contributed by atoms with Crippen molar-refractivity contribution in [2.45, 2.75) is 18.9 Å². The molecule has 5 aromatic rings. The Morgan fingerprint density at radius 1 is 0.789 bits per heavy atom. The molecule has 1 N–H and O–H groups in total. The highest BCUT2D eigenvalue weighted by Gasteiger charge is 2.28. The number of amides is 1. The third-order valence-corrected chi connectivity index (χ3v) is 6.97. The molecule has 5 heteroatoms. The van der Waals surface area contributed by atoms with Crippen molar-refractivity contribution in [2.75, 3.05) is 20.8 Å². The number of fused-ring (bicyclic) bond motifs is 1. The van der Waals surface area contributed by atoms with Crippen molar-refractivity contribution in [3.05, 3.63) is 132 Å². The Balaban J connectivity index is 1.50. The van der Waals surface area contributed by atoms with Gasteiger partial charge in [0.2, 0.25) is 5.91 Å². The van der Waals surface area contributed by atoms with E-state index in [1.807, 2.05) is 95.9 Å². The minimum atomic E-state index is -0.402. The number of para-hydroxylation sites is 1. The van der Waals surface area contributed by atoms with Crippen LogP contribution in [0.15, 0.2) is 109 Å². The SMILES string of the molecule is COc1ccc(CN(CCc2c[nH]c3ccccc23)C(=O)C(c2ccccc2)c2ccccc2)cc1OC. The average Bonchev–Trinajstić information content (AvgIpc) is 3.39. The van der Waals surface area contributed by atoms with Crippen molar-refractivity contribution < 1.29 is 14.3 Å². The molecule has 0 aliphatic heterocycles. The van der Waals surface area contributed by atoms with E-state index in [-0.39, 0.29) is 5.91 Å². The number of benzene rings is 4. The molecule has 192 valence electrons. The van der Waals surface area contributed by atoms with Crippen molar-refractivity contribution in [3.8, 4) is 11.5 Å². The van der Waals surface area contributed by atoms with E-state index in [1.165, 1.54) is 10.9 Å². The number of H-pyrrole nitrogens is 1. The van der Waals surface area contributed by atoms with Crippen LogP contribution < -0.4 is 9.47 Å². The van der Waals surface area contributed by atoms with E-state index in [4.69, 9.17) is 9.47 Å². The third-order valence-electron chi connectivity index (χ3n) is 6.97. The van der Waals surface area contributed by atoms with Crippen molar-refractivity contribution >= 4 is 16.8 Å². The number of rotatable bonds is 10. The van der Waals surface area contributed by atoms with Gasteiger partial charge >= 0.3 is 0 Å². The van der Waals surface area contributed by atoms with E-state index < -0.39 is 5.92 Å². The van der Waals surface area contributed by atoms with Crippen molar-refractivity contribution in [1.29, 1.82) is 0 Å². The Morgan fingerprint density at radius 2 is 1.42 bits per heavy atom. The molecule has 0 atom stereocenters. The molecule has 4 aromatic carbocycles. The zero-order valence-corrected chi connectivity index (χ0v) is 21.8. The highest BCUT2D eigenvalue weighted by atomic mass is 16.5. The minimum absolute atomic E-state index is 0.0667. The maximum absolute atomic E-state index is 14.4. The molecule has 0 saturated heterocycles. The van der Waals surface area contributed by atoms with E-state index in [2.05, 4.69) is 23.3 Å². The van der Waals surface area contributed by atoms with Gasteiger partial charge in [-0.2, -0.15) is 0 Å². The van der Waals surface area contributed by atoms with Gasteiger partial charge in [-0.3, -0.25) is 4.79 Å². The lowest BCUT2D eigenvalue weighted by atomic mass is 9.89. The molecule has 0 bridgehead atoms. The summed E-state index contributed by atoms with van der Waals surface area (Å²) in [5.41, 5.74) is 5.24. The van der Waals surface area contributed by atoms with Gasteiger partial charge < -0.3 is 19.4 Å². The van der Waals surface area contributed by atoms with Crippen LogP contribution in [0.4, 0.5) is 0 Å². The molecule has 0 aliphatic carbocycles. The van der Waals surface area contributed by atoms with Crippen LogP contribution in [-0.2, 0) is 17.8 Å². The molecule has 0 unspecified atom stereocenters. The topological polar surface area (TPSA) is 54.6 Å². The van der Waals surface area contributed by atoms with Crippen LogP contribution in [0.2, 0.25) is 0 Å². The highest BCUT2D eigenvalue weighted by molar-refractivity contribution is 5.87. The molecule has 1 aromatic heterocycles.